The summed E-state index contributed by atoms with van der Waals surface area (Å²) in [5.74, 6) is 2.28. The fraction of sp³-hybridized carbons (Fsp3) is 0.300. The summed E-state index contributed by atoms with van der Waals surface area (Å²) in [7, 11) is 1.57. The van der Waals surface area contributed by atoms with Crippen molar-refractivity contribution in [3.05, 3.63) is 59.8 Å². The van der Waals surface area contributed by atoms with Gasteiger partial charge >= 0.3 is 0 Å². The number of nitrogens with zero attached hydrogens (tertiary/aromatic N) is 2. The van der Waals surface area contributed by atoms with Crippen molar-refractivity contribution in [3.8, 4) is 5.75 Å². The molecule has 0 spiro atoms. The molecule has 1 aromatic carbocycles. The first-order valence-corrected chi connectivity index (χ1v) is 8.27. The van der Waals surface area contributed by atoms with Crippen LogP contribution in [0.5, 0.6) is 5.75 Å². The zero-order chi connectivity index (χ0) is 18.4. The van der Waals surface area contributed by atoms with E-state index in [1.54, 1.807) is 19.4 Å². The summed E-state index contributed by atoms with van der Waals surface area (Å²) in [4.78, 5) is 8.70. The highest BCUT2D eigenvalue weighted by molar-refractivity contribution is 5.99. The number of hydrogen-bond donors (Lipinski definition) is 1. The van der Waals surface area contributed by atoms with Crippen molar-refractivity contribution in [2.45, 2.75) is 33.3 Å². The van der Waals surface area contributed by atoms with Crippen LogP contribution in [0.2, 0.25) is 0 Å². The summed E-state index contributed by atoms with van der Waals surface area (Å²) >= 11 is 0. The third-order valence-corrected chi connectivity index (χ3v) is 3.59. The fourth-order valence-electron chi connectivity index (χ4n) is 2.28. The Hall–Kier alpha value is -2.82. The molecule has 0 aliphatic heterocycles. The fourth-order valence-corrected chi connectivity index (χ4v) is 2.28. The zero-order valence-corrected chi connectivity index (χ0v) is 15.2. The van der Waals surface area contributed by atoms with Gasteiger partial charge in [-0.2, -0.15) is 0 Å². The van der Waals surface area contributed by atoms with Gasteiger partial charge in [0.1, 0.15) is 17.3 Å². The molecule has 5 heteroatoms. The van der Waals surface area contributed by atoms with Gasteiger partial charge in [-0.3, -0.25) is 0 Å². The van der Waals surface area contributed by atoms with Crippen molar-refractivity contribution in [3.63, 3.8) is 0 Å². The van der Waals surface area contributed by atoms with Crippen molar-refractivity contribution >= 4 is 17.4 Å². The topological polar surface area (TPSA) is 69.7 Å². The Kier molecular flexibility index (Phi) is 6.17. The van der Waals surface area contributed by atoms with Crippen LogP contribution in [-0.4, -0.2) is 24.0 Å². The van der Waals surface area contributed by atoms with Crippen LogP contribution < -0.4 is 10.5 Å². The number of rotatable bonds is 7. The average molecular weight is 339 g/mol. The first-order valence-electron chi connectivity index (χ1n) is 8.27. The van der Waals surface area contributed by atoms with E-state index in [9.17, 15) is 0 Å². The molecule has 1 heterocycles. The maximum atomic E-state index is 6.19. The molecule has 2 aromatic rings. The molecule has 0 fully saturated rings. The molecule has 132 valence electrons. The minimum absolute atomic E-state index is 0.0983. The number of hydrogen-bond acceptors (Lipinski definition) is 4. The third kappa shape index (κ3) is 5.08. The van der Waals surface area contributed by atoms with Gasteiger partial charge < -0.3 is 15.2 Å². The second-order valence-corrected chi connectivity index (χ2v) is 5.92. The first kappa shape index (κ1) is 18.5. The SMILES string of the molecule is C=C(OC)c1ccc(N=C(N)c2cc(CC)cc(OC(C)C)c2)nc1. The van der Waals surface area contributed by atoms with E-state index >= 15 is 0 Å². The Morgan fingerprint density at radius 1 is 1.24 bits per heavy atom. The third-order valence-electron chi connectivity index (χ3n) is 3.59. The van der Waals surface area contributed by atoms with Crippen molar-refractivity contribution < 1.29 is 9.47 Å². The predicted octanol–water partition coefficient (Wildman–Crippen LogP) is 4.09. The molecule has 0 saturated carbocycles. The van der Waals surface area contributed by atoms with Crippen molar-refractivity contribution in [1.29, 1.82) is 0 Å². The van der Waals surface area contributed by atoms with Gasteiger partial charge in [0.2, 0.25) is 0 Å². The molecule has 0 bridgehead atoms. The van der Waals surface area contributed by atoms with E-state index in [1.165, 1.54) is 0 Å². The van der Waals surface area contributed by atoms with E-state index < -0.39 is 0 Å². The minimum atomic E-state index is 0.0983. The van der Waals surface area contributed by atoms with E-state index in [1.807, 2.05) is 38.1 Å². The summed E-state index contributed by atoms with van der Waals surface area (Å²) in [6.07, 6.45) is 2.65. The van der Waals surface area contributed by atoms with Gasteiger partial charge in [-0.15, -0.1) is 0 Å². The number of ether oxygens (including phenoxy) is 2. The molecule has 5 nitrogen and oxygen atoms in total. The van der Waals surface area contributed by atoms with Crippen molar-refractivity contribution in [2.24, 2.45) is 10.7 Å². The Bertz CT molecular complexity index is 765. The van der Waals surface area contributed by atoms with E-state index in [0.717, 1.165) is 28.9 Å². The molecule has 0 atom stereocenters. The van der Waals surface area contributed by atoms with Crippen LogP contribution in [0.25, 0.3) is 5.76 Å². The van der Waals surface area contributed by atoms with Gasteiger partial charge in [-0.25, -0.2) is 9.98 Å². The van der Waals surface area contributed by atoms with Crippen LogP contribution in [-0.2, 0) is 11.2 Å². The lowest BCUT2D eigenvalue weighted by Gasteiger charge is -2.13. The number of methoxy groups -OCH3 is 1. The van der Waals surface area contributed by atoms with Crippen molar-refractivity contribution in [2.75, 3.05) is 7.11 Å². The molecule has 0 aliphatic carbocycles. The van der Waals surface area contributed by atoms with Crippen LogP contribution in [0.1, 0.15) is 37.5 Å². The van der Waals surface area contributed by atoms with E-state index in [-0.39, 0.29) is 6.10 Å². The standard InChI is InChI=1S/C20H25N3O2/c1-6-15-9-17(11-18(10-15)25-13(2)3)20(21)23-19-8-7-16(12-22-19)14(4)24-5/h7-13H,4,6H2,1-3,5H3,(H2,21,22,23). The Morgan fingerprint density at radius 2 is 2.00 bits per heavy atom. The van der Waals surface area contributed by atoms with Crippen molar-refractivity contribution in [1.82, 2.24) is 4.98 Å². The van der Waals surface area contributed by atoms with Gasteiger partial charge in [-0.05, 0) is 56.2 Å². The molecule has 1 aromatic heterocycles. The lowest BCUT2D eigenvalue weighted by molar-refractivity contribution is 0.242. The van der Waals surface area contributed by atoms with E-state index in [4.69, 9.17) is 15.2 Å². The molecule has 0 amide bonds. The highest BCUT2D eigenvalue weighted by Crippen LogP contribution is 2.21. The Labute approximate surface area is 149 Å². The summed E-state index contributed by atoms with van der Waals surface area (Å²) in [6, 6.07) is 9.58. The molecule has 0 aliphatic rings. The molecular weight excluding hydrogens is 314 g/mol. The molecule has 2 rings (SSSR count). The molecule has 0 unspecified atom stereocenters. The average Bonchev–Trinajstić information content (AvgIpc) is 2.60. The highest BCUT2D eigenvalue weighted by atomic mass is 16.5. The van der Waals surface area contributed by atoms with E-state index in [0.29, 0.717) is 17.4 Å². The van der Waals surface area contributed by atoms with Crippen LogP contribution in [0, 0.1) is 0 Å². The second-order valence-electron chi connectivity index (χ2n) is 5.92. The van der Waals surface area contributed by atoms with Crippen LogP contribution >= 0.6 is 0 Å². The van der Waals surface area contributed by atoms with Gasteiger partial charge in [0.25, 0.3) is 0 Å². The van der Waals surface area contributed by atoms with Crippen LogP contribution in [0.15, 0.2) is 48.1 Å². The normalized spacial score (nSPS) is 11.5. The summed E-state index contributed by atoms with van der Waals surface area (Å²) in [5.41, 5.74) is 8.96. The zero-order valence-electron chi connectivity index (χ0n) is 15.2. The minimum Gasteiger partial charge on any atom is -0.497 e. The number of aliphatic imine (C=N–C) groups is 1. The van der Waals surface area contributed by atoms with Gasteiger partial charge in [0.05, 0.1) is 13.2 Å². The molecule has 0 radical (unpaired) electrons. The highest BCUT2D eigenvalue weighted by Gasteiger charge is 2.07. The molecule has 0 saturated heterocycles. The number of amidine groups is 1. The molecular formula is C20H25N3O2. The smallest absolute Gasteiger partial charge is 0.154 e. The maximum absolute atomic E-state index is 6.19. The number of aromatic nitrogens is 1. The largest absolute Gasteiger partial charge is 0.497 e. The lowest BCUT2D eigenvalue weighted by atomic mass is 10.1. The molecule has 2 N–H and O–H groups in total. The summed E-state index contributed by atoms with van der Waals surface area (Å²) < 4.78 is 10.9. The quantitative estimate of drug-likeness (QED) is 0.469. The maximum Gasteiger partial charge on any atom is 0.154 e. The predicted molar refractivity (Wildman–Crippen MR) is 102 cm³/mol. The first-order chi connectivity index (χ1) is 11.9. The number of pyridine rings is 1. The summed E-state index contributed by atoms with van der Waals surface area (Å²) in [5, 5.41) is 0. The second kappa shape index (κ2) is 8.33. The number of aryl methyl sites for hydroxylation is 1. The number of nitrogens with two attached hydrogens (primary N) is 1. The Morgan fingerprint density at radius 3 is 2.56 bits per heavy atom. The number of benzene rings is 1. The Balaban J connectivity index is 2.30. The van der Waals surface area contributed by atoms with Gasteiger partial charge in [-0.1, -0.05) is 13.5 Å². The van der Waals surface area contributed by atoms with E-state index in [2.05, 4.69) is 23.5 Å². The van der Waals surface area contributed by atoms with Crippen LogP contribution in [0.3, 0.4) is 0 Å². The van der Waals surface area contributed by atoms with Gasteiger partial charge in [0.15, 0.2) is 5.82 Å². The lowest BCUT2D eigenvalue weighted by Crippen LogP contribution is -2.14. The summed E-state index contributed by atoms with van der Waals surface area (Å²) in [6.45, 7) is 9.88. The van der Waals surface area contributed by atoms with Gasteiger partial charge in [0, 0.05) is 17.3 Å². The monoisotopic (exact) mass is 339 g/mol. The van der Waals surface area contributed by atoms with Crippen LogP contribution in [0.4, 0.5) is 5.82 Å². The molecule has 25 heavy (non-hydrogen) atoms.